The van der Waals surface area contributed by atoms with Crippen LogP contribution in [0.15, 0.2) is 22.0 Å². The normalized spacial score (nSPS) is 12.4. The van der Waals surface area contributed by atoms with Crippen LogP contribution in [0.2, 0.25) is 0 Å². The highest BCUT2D eigenvalue weighted by molar-refractivity contribution is 7.10. The molecule has 2 rings (SSSR count). The summed E-state index contributed by atoms with van der Waals surface area (Å²) in [5.41, 5.74) is 1.86. The molecule has 1 atom stereocenters. The average Bonchev–Trinajstić information content (AvgIpc) is 3.15. The van der Waals surface area contributed by atoms with Crippen molar-refractivity contribution in [2.24, 2.45) is 0 Å². The molecule has 0 fully saturated rings. The molecular weight excluding hydrogens is 312 g/mol. The summed E-state index contributed by atoms with van der Waals surface area (Å²) < 4.78 is 5.17. The number of hydrogen-bond acceptors (Lipinski definition) is 5. The number of carbonyl (C=O) groups is 1. The van der Waals surface area contributed by atoms with Crippen LogP contribution in [0.25, 0.3) is 0 Å². The van der Waals surface area contributed by atoms with Gasteiger partial charge in [-0.1, -0.05) is 18.1 Å². The first-order valence-electron chi connectivity index (χ1n) is 7.68. The van der Waals surface area contributed by atoms with Crippen molar-refractivity contribution in [3.8, 4) is 0 Å². The number of likely N-dealkylation sites (N-methyl/N-ethyl adjacent to an activating group) is 1. The van der Waals surface area contributed by atoms with E-state index in [0.717, 1.165) is 23.4 Å². The highest BCUT2D eigenvalue weighted by atomic mass is 32.1. The summed E-state index contributed by atoms with van der Waals surface area (Å²) in [6.07, 6.45) is 0.789. The van der Waals surface area contributed by atoms with Crippen molar-refractivity contribution in [1.29, 1.82) is 0 Å². The van der Waals surface area contributed by atoms with Gasteiger partial charge in [0.1, 0.15) is 5.76 Å². The second-order valence-electron chi connectivity index (χ2n) is 5.58. The van der Waals surface area contributed by atoms with Crippen LogP contribution < -0.4 is 10.6 Å². The Hall–Kier alpha value is -1.86. The summed E-state index contributed by atoms with van der Waals surface area (Å²) in [5, 5.41) is 11.9. The molecule has 2 aromatic rings. The van der Waals surface area contributed by atoms with E-state index >= 15 is 0 Å². The molecule has 6 nitrogen and oxygen atoms in total. The van der Waals surface area contributed by atoms with E-state index in [1.807, 2.05) is 39.4 Å². The topological polar surface area (TPSA) is 70.4 Å². The molecule has 126 valence electrons. The monoisotopic (exact) mass is 336 g/mol. The summed E-state index contributed by atoms with van der Waals surface area (Å²) in [4.78, 5) is 15.4. The third-order valence-corrected chi connectivity index (χ3v) is 4.75. The number of aryl methyl sites for hydroxylation is 2. The van der Waals surface area contributed by atoms with Gasteiger partial charge in [0, 0.05) is 23.5 Å². The van der Waals surface area contributed by atoms with Crippen LogP contribution in [0.1, 0.15) is 34.9 Å². The fourth-order valence-electron chi connectivity index (χ4n) is 2.38. The molecule has 0 aliphatic rings. The largest absolute Gasteiger partial charge is 0.361 e. The van der Waals surface area contributed by atoms with E-state index in [2.05, 4.69) is 26.8 Å². The quantitative estimate of drug-likeness (QED) is 0.815. The van der Waals surface area contributed by atoms with Gasteiger partial charge in [-0.15, -0.1) is 11.3 Å². The summed E-state index contributed by atoms with van der Waals surface area (Å²) in [6, 6.07) is 4.10. The molecule has 2 amide bonds. The number of amides is 2. The van der Waals surface area contributed by atoms with Crippen LogP contribution in [0.4, 0.5) is 4.79 Å². The predicted molar refractivity (Wildman–Crippen MR) is 91.6 cm³/mol. The van der Waals surface area contributed by atoms with Gasteiger partial charge in [0.25, 0.3) is 0 Å². The summed E-state index contributed by atoms with van der Waals surface area (Å²) in [5.74, 6) is 0.756. The molecule has 0 spiro atoms. The van der Waals surface area contributed by atoms with Crippen molar-refractivity contribution in [3.05, 3.63) is 39.4 Å². The Bertz CT molecular complexity index is 622. The Morgan fingerprint density at radius 3 is 2.83 bits per heavy atom. The van der Waals surface area contributed by atoms with Gasteiger partial charge in [-0.2, -0.15) is 0 Å². The van der Waals surface area contributed by atoms with Crippen LogP contribution in [0.3, 0.4) is 0 Å². The first-order chi connectivity index (χ1) is 11.0. The molecule has 7 heteroatoms. The minimum absolute atomic E-state index is 0.171. The van der Waals surface area contributed by atoms with E-state index < -0.39 is 0 Å². The van der Waals surface area contributed by atoms with Gasteiger partial charge < -0.3 is 20.1 Å². The molecule has 0 saturated carbocycles. The first kappa shape index (κ1) is 17.5. The van der Waals surface area contributed by atoms with Crippen LogP contribution in [-0.2, 0) is 13.0 Å². The second kappa shape index (κ2) is 8.12. The summed E-state index contributed by atoms with van der Waals surface area (Å²) >= 11 is 1.70. The molecule has 2 heterocycles. The van der Waals surface area contributed by atoms with E-state index in [1.54, 1.807) is 11.3 Å². The maximum atomic E-state index is 12.1. The van der Waals surface area contributed by atoms with E-state index in [1.165, 1.54) is 4.88 Å². The molecule has 0 bridgehead atoms. The van der Waals surface area contributed by atoms with Crippen molar-refractivity contribution in [3.63, 3.8) is 0 Å². The molecule has 1 unspecified atom stereocenters. The predicted octanol–water partition coefficient (Wildman–Crippen LogP) is 2.71. The average molecular weight is 336 g/mol. The Balaban J connectivity index is 1.86. The van der Waals surface area contributed by atoms with Gasteiger partial charge in [-0.3, -0.25) is 0 Å². The smallest absolute Gasteiger partial charge is 0.315 e. The lowest BCUT2D eigenvalue weighted by atomic mass is 10.1. The van der Waals surface area contributed by atoms with Crippen LogP contribution in [0.5, 0.6) is 0 Å². The number of carbonyl (C=O) groups excluding carboxylic acids is 1. The van der Waals surface area contributed by atoms with E-state index in [4.69, 9.17) is 4.52 Å². The number of nitrogens with zero attached hydrogens (tertiary/aromatic N) is 2. The minimum atomic E-state index is -0.184. The second-order valence-corrected chi connectivity index (χ2v) is 6.56. The Morgan fingerprint density at radius 1 is 1.43 bits per heavy atom. The van der Waals surface area contributed by atoms with Crippen LogP contribution in [0, 0.1) is 6.92 Å². The van der Waals surface area contributed by atoms with Gasteiger partial charge in [0.15, 0.2) is 0 Å². The standard InChI is InChI=1S/C16H24N4O2S/c1-5-13-12(11(2)22-19-13)9-17-16(21)18-10-14(20(3)4)15-7-6-8-23-15/h6-8,14H,5,9-10H2,1-4H3,(H2,17,18,21). The fraction of sp³-hybridized carbons (Fsp3) is 0.500. The molecule has 0 saturated heterocycles. The third kappa shape index (κ3) is 4.56. The van der Waals surface area contributed by atoms with E-state index in [-0.39, 0.29) is 12.1 Å². The maximum absolute atomic E-state index is 12.1. The van der Waals surface area contributed by atoms with Gasteiger partial charge in [0.2, 0.25) is 0 Å². The molecule has 0 radical (unpaired) electrons. The minimum Gasteiger partial charge on any atom is -0.361 e. The van der Waals surface area contributed by atoms with Crippen LogP contribution in [-0.4, -0.2) is 36.7 Å². The number of nitrogens with one attached hydrogen (secondary N) is 2. The molecular formula is C16H24N4O2S. The van der Waals surface area contributed by atoms with Crippen molar-refractivity contribution in [2.45, 2.75) is 32.9 Å². The summed E-state index contributed by atoms with van der Waals surface area (Å²) in [7, 11) is 4.02. The fourth-order valence-corrected chi connectivity index (χ4v) is 3.30. The third-order valence-electron chi connectivity index (χ3n) is 3.78. The maximum Gasteiger partial charge on any atom is 0.315 e. The van der Waals surface area contributed by atoms with Gasteiger partial charge in [-0.25, -0.2) is 4.79 Å². The first-order valence-corrected chi connectivity index (χ1v) is 8.56. The number of urea groups is 1. The van der Waals surface area contributed by atoms with Crippen molar-refractivity contribution < 1.29 is 9.32 Å². The lowest BCUT2D eigenvalue weighted by Gasteiger charge is -2.23. The zero-order valence-corrected chi connectivity index (χ0v) is 14.9. The Kier molecular flexibility index (Phi) is 6.18. The molecule has 0 aliphatic heterocycles. The number of aromatic nitrogens is 1. The van der Waals surface area contributed by atoms with Crippen molar-refractivity contribution in [2.75, 3.05) is 20.6 Å². The van der Waals surface area contributed by atoms with E-state index in [0.29, 0.717) is 13.1 Å². The zero-order valence-electron chi connectivity index (χ0n) is 14.0. The van der Waals surface area contributed by atoms with Gasteiger partial charge in [0.05, 0.1) is 11.7 Å². The van der Waals surface area contributed by atoms with Crippen molar-refractivity contribution >= 4 is 17.4 Å². The van der Waals surface area contributed by atoms with E-state index in [9.17, 15) is 4.79 Å². The summed E-state index contributed by atoms with van der Waals surface area (Å²) in [6.45, 7) is 4.86. The lowest BCUT2D eigenvalue weighted by molar-refractivity contribution is 0.233. The number of thiophene rings is 1. The van der Waals surface area contributed by atoms with Crippen LogP contribution >= 0.6 is 11.3 Å². The molecule has 0 aromatic carbocycles. The highest BCUT2D eigenvalue weighted by Crippen LogP contribution is 2.22. The number of rotatable bonds is 7. The number of hydrogen-bond donors (Lipinski definition) is 2. The zero-order chi connectivity index (χ0) is 16.8. The molecule has 2 N–H and O–H groups in total. The molecule has 0 aliphatic carbocycles. The Morgan fingerprint density at radius 2 is 2.22 bits per heavy atom. The van der Waals surface area contributed by atoms with Crippen molar-refractivity contribution in [1.82, 2.24) is 20.7 Å². The van der Waals surface area contributed by atoms with Gasteiger partial charge in [-0.05, 0) is 38.9 Å². The highest BCUT2D eigenvalue weighted by Gasteiger charge is 2.17. The SMILES string of the molecule is CCc1noc(C)c1CNC(=O)NCC(c1cccs1)N(C)C. The molecule has 23 heavy (non-hydrogen) atoms. The lowest BCUT2D eigenvalue weighted by Crippen LogP contribution is -2.40. The Labute approximate surface area is 140 Å². The molecule has 2 aromatic heterocycles. The van der Waals surface area contributed by atoms with Gasteiger partial charge >= 0.3 is 6.03 Å².